The third kappa shape index (κ3) is 2.95. The minimum absolute atomic E-state index is 0.312. The standard InChI is InChI=1S/C13H9BrN6O/c14-9-3-4-11(17-6-9)13(21)19-10-2-1-5-16-12(10)20-8-15-7-18-20/h1-8H,(H,19,21). The molecule has 0 radical (unpaired) electrons. The number of pyridine rings is 2. The lowest BCUT2D eigenvalue weighted by Gasteiger charge is -2.09. The Morgan fingerprint density at radius 1 is 1.24 bits per heavy atom. The predicted molar refractivity (Wildman–Crippen MR) is 79.0 cm³/mol. The summed E-state index contributed by atoms with van der Waals surface area (Å²) in [5.41, 5.74) is 0.837. The van der Waals surface area contributed by atoms with E-state index in [4.69, 9.17) is 0 Å². The van der Waals surface area contributed by atoms with Crippen molar-refractivity contribution in [1.82, 2.24) is 24.7 Å². The summed E-state index contributed by atoms with van der Waals surface area (Å²) in [5.74, 6) is 0.164. The molecule has 0 spiro atoms. The fourth-order valence-electron chi connectivity index (χ4n) is 1.69. The maximum Gasteiger partial charge on any atom is 0.274 e. The second-order valence-electron chi connectivity index (χ2n) is 4.03. The maximum atomic E-state index is 12.2. The minimum atomic E-state index is -0.322. The quantitative estimate of drug-likeness (QED) is 0.785. The van der Waals surface area contributed by atoms with Crippen LogP contribution in [0.1, 0.15) is 10.5 Å². The van der Waals surface area contributed by atoms with Gasteiger partial charge in [0.1, 0.15) is 18.3 Å². The van der Waals surface area contributed by atoms with E-state index in [0.29, 0.717) is 17.2 Å². The Bertz CT molecular complexity index is 757. The molecule has 0 bridgehead atoms. The predicted octanol–water partition coefficient (Wildman–Crippen LogP) is 2.07. The van der Waals surface area contributed by atoms with E-state index in [2.05, 4.69) is 41.3 Å². The largest absolute Gasteiger partial charge is 0.317 e. The van der Waals surface area contributed by atoms with Gasteiger partial charge in [0, 0.05) is 16.9 Å². The van der Waals surface area contributed by atoms with Gasteiger partial charge in [0.05, 0.1) is 5.69 Å². The van der Waals surface area contributed by atoms with Gasteiger partial charge in [0.2, 0.25) is 0 Å². The van der Waals surface area contributed by atoms with Crippen LogP contribution in [0.15, 0.2) is 53.8 Å². The van der Waals surface area contributed by atoms with Crippen molar-refractivity contribution in [3.05, 3.63) is 59.5 Å². The SMILES string of the molecule is O=C(Nc1cccnc1-n1cncn1)c1ccc(Br)cn1. The van der Waals surface area contributed by atoms with Crippen LogP contribution in [0.5, 0.6) is 0 Å². The van der Waals surface area contributed by atoms with Crippen LogP contribution in [0.25, 0.3) is 5.82 Å². The van der Waals surface area contributed by atoms with E-state index in [1.807, 2.05) is 0 Å². The van der Waals surface area contributed by atoms with Gasteiger partial charge in [0.15, 0.2) is 5.82 Å². The molecule has 3 aromatic rings. The number of hydrogen-bond donors (Lipinski definition) is 1. The molecule has 104 valence electrons. The van der Waals surface area contributed by atoms with Gasteiger partial charge < -0.3 is 5.32 Å². The first kappa shape index (κ1) is 13.4. The van der Waals surface area contributed by atoms with Crippen molar-refractivity contribution >= 4 is 27.5 Å². The smallest absolute Gasteiger partial charge is 0.274 e. The fourth-order valence-corrected chi connectivity index (χ4v) is 1.93. The molecule has 3 aromatic heterocycles. The van der Waals surface area contributed by atoms with Crippen LogP contribution in [0, 0.1) is 0 Å². The van der Waals surface area contributed by atoms with E-state index < -0.39 is 0 Å². The van der Waals surface area contributed by atoms with Crippen LogP contribution in [0.3, 0.4) is 0 Å². The molecule has 1 amide bonds. The van der Waals surface area contributed by atoms with Crippen molar-refractivity contribution < 1.29 is 4.79 Å². The lowest BCUT2D eigenvalue weighted by atomic mass is 10.3. The van der Waals surface area contributed by atoms with Crippen molar-refractivity contribution in [1.29, 1.82) is 0 Å². The topological polar surface area (TPSA) is 85.6 Å². The van der Waals surface area contributed by atoms with Gasteiger partial charge in [-0.2, -0.15) is 5.10 Å². The molecule has 7 nitrogen and oxygen atoms in total. The first-order valence-corrected chi connectivity index (χ1v) is 6.76. The molecule has 0 aliphatic heterocycles. The van der Waals surface area contributed by atoms with Gasteiger partial charge in [0.25, 0.3) is 5.91 Å². The normalized spacial score (nSPS) is 10.3. The van der Waals surface area contributed by atoms with Gasteiger partial charge in [-0.3, -0.25) is 4.79 Å². The molecular weight excluding hydrogens is 336 g/mol. The highest BCUT2D eigenvalue weighted by Crippen LogP contribution is 2.17. The van der Waals surface area contributed by atoms with Crippen LogP contribution >= 0.6 is 15.9 Å². The minimum Gasteiger partial charge on any atom is -0.317 e. The van der Waals surface area contributed by atoms with E-state index in [0.717, 1.165) is 4.47 Å². The number of hydrogen-bond acceptors (Lipinski definition) is 5. The van der Waals surface area contributed by atoms with Crippen LogP contribution in [0.4, 0.5) is 5.69 Å². The summed E-state index contributed by atoms with van der Waals surface area (Å²) in [6, 6.07) is 6.85. The number of anilines is 1. The van der Waals surface area contributed by atoms with E-state index in [1.54, 1.807) is 36.7 Å². The third-order valence-corrected chi connectivity index (χ3v) is 3.10. The van der Waals surface area contributed by atoms with E-state index in [9.17, 15) is 4.79 Å². The molecular formula is C13H9BrN6O. The first-order chi connectivity index (χ1) is 10.2. The number of amides is 1. The van der Waals surface area contributed by atoms with Gasteiger partial charge in [-0.1, -0.05) is 0 Å². The third-order valence-electron chi connectivity index (χ3n) is 2.63. The second kappa shape index (κ2) is 5.80. The van der Waals surface area contributed by atoms with Crippen molar-refractivity contribution in [3.8, 4) is 5.82 Å². The first-order valence-electron chi connectivity index (χ1n) is 5.97. The molecule has 3 rings (SSSR count). The summed E-state index contributed by atoms with van der Waals surface area (Å²) in [7, 11) is 0. The Balaban J connectivity index is 1.88. The Kier molecular flexibility index (Phi) is 3.69. The van der Waals surface area contributed by atoms with Crippen molar-refractivity contribution in [2.75, 3.05) is 5.32 Å². The lowest BCUT2D eigenvalue weighted by molar-refractivity contribution is 0.102. The molecule has 8 heteroatoms. The van der Waals surface area contributed by atoms with E-state index in [-0.39, 0.29) is 5.91 Å². The molecule has 0 unspecified atom stereocenters. The molecule has 0 fully saturated rings. The zero-order valence-corrected chi connectivity index (χ0v) is 12.2. The number of aromatic nitrogens is 5. The number of carbonyl (C=O) groups is 1. The summed E-state index contributed by atoms with van der Waals surface area (Å²) in [5, 5.41) is 6.78. The molecule has 0 saturated carbocycles. The van der Waals surface area contributed by atoms with Crippen molar-refractivity contribution in [2.24, 2.45) is 0 Å². The molecule has 0 aromatic carbocycles. The van der Waals surface area contributed by atoms with Crippen molar-refractivity contribution in [3.63, 3.8) is 0 Å². The van der Waals surface area contributed by atoms with Crippen LogP contribution in [-0.4, -0.2) is 30.6 Å². The number of halogens is 1. The summed E-state index contributed by atoms with van der Waals surface area (Å²) in [4.78, 5) is 24.3. The molecule has 3 heterocycles. The fraction of sp³-hybridized carbons (Fsp3) is 0. The highest BCUT2D eigenvalue weighted by atomic mass is 79.9. The molecule has 1 N–H and O–H groups in total. The Hall–Kier alpha value is -2.61. The van der Waals surface area contributed by atoms with Gasteiger partial charge in [-0.15, -0.1) is 0 Å². The molecule has 0 aliphatic carbocycles. The number of rotatable bonds is 3. The summed E-state index contributed by atoms with van der Waals surface area (Å²) < 4.78 is 2.29. The average Bonchev–Trinajstić information content (AvgIpc) is 3.02. The molecule has 0 saturated heterocycles. The Morgan fingerprint density at radius 3 is 2.86 bits per heavy atom. The number of carbonyl (C=O) groups excluding carboxylic acids is 1. The monoisotopic (exact) mass is 344 g/mol. The summed E-state index contributed by atoms with van der Waals surface area (Å²) in [6.07, 6.45) is 6.09. The highest BCUT2D eigenvalue weighted by Gasteiger charge is 2.12. The zero-order chi connectivity index (χ0) is 14.7. The van der Waals surface area contributed by atoms with Crippen molar-refractivity contribution in [2.45, 2.75) is 0 Å². The van der Waals surface area contributed by atoms with Crippen LogP contribution < -0.4 is 5.32 Å². The molecule has 0 atom stereocenters. The molecule has 21 heavy (non-hydrogen) atoms. The zero-order valence-electron chi connectivity index (χ0n) is 10.6. The van der Waals surface area contributed by atoms with Crippen LogP contribution in [0.2, 0.25) is 0 Å². The average molecular weight is 345 g/mol. The van der Waals surface area contributed by atoms with Gasteiger partial charge in [-0.05, 0) is 40.2 Å². The number of nitrogens with one attached hydrogen (secondary N) is 1. The van der Waals surface area contributed by atoms with E-state index in [1.165, 1.54) is 17.3 Å². The van der Waals surface area contributed by atoms with Gasteiger partial charge >= 0.3 is 0 Å². The van der Waals surface area contributed by atoms with E-state index >= 15 is 0 Å². The Labute approximate surface area is 128 Å². The Morgan fingerprint density at radius 2 is 2.14 bits per heavy atom. The maximum absolute atomic E-state index is 12.2. The lowest BCUT2D eigenvalue weighted by Crippen LogP contribution is -2.16. The van der Waals surface area contributed by atoms with Crippen LogP contribution in [-0.2, 0) is 0 Å². The highest BCUT2D eigenvalue weighted by molar-refractivity contribution is 9.10. The summed E-state index contributed by atoms with van der Waals surface area (Å²) in [6.45, 7) is 0. The number of nitrogens with zero attached hydrogens (tertiary/aromatic N) is 5. The van der Waals surface area contributed by atoms with Gasteiger partial charge in [-0.25, -0.2) is 19.6 Å². The summed E-state index contributed by atoms with van der Waals surface area (Å²) >= 11 is 3.28. The molecule has 0 aliphatic rings. The second-order valence-corrected chi connectivity index (χ2v) is 4.95.